The monoisotopic (exact) mass is 313 g/mol. The summed E-state index contributed by atoms with van der Waals surface area (Å²) in [6.45, 7) is 5.97. The number of ether oxygens (including phenoxy) is 2. The fourth-order valence-electron chi connectivity index (χ4n) is 5.53. The van der Waals surface area contributed by atoms with Gasteiger partial charge < -0.3 is 14.4 Å². The van der Waals surface area contributed by atoms with Gasteiger partial charge in [-0.25, -0.2) is 0 Å². The van der Waals surface area contributed by atoms with Crippen LogP contribution in [-0.4, -0.2) is 32.1 Å². The zero-order valence-corrected chi connectivity index (χ0v) is 14.1. The van der Waals surface area contributed by atoms with Crippen molar-refractivity contribution in [3.63, 3.8) is 0 Å². The SMILES string of the molecule is Cc1ccc(N2CCC3(CC2)OCCO3)c2c1C1CCC2CC1. The van der Waals surface area contributed by atoms with E-state index < -0.39 is 0 Å². The summed E-state index contributed by atoms with van der Waals surface area (Å²) < 4.78 is 11.8. The van der Waals surface area contributed by atoms with Gasteiger partial charge in [0.2, 0.25) is 0 Å². The zero-order chi connectivity index (χ0) is 15.4. The summed E-state index contributed by atoms with van der Waals surface area (Å²) in [4.78, 5) is 2.61. The zero-order valence-electron chi connectivity index (χ0n) is 14.1. The molecule has 1 aromatic carbocycles. The molecular formula is C20H27NO2. The molecule has 0 atom stereocenters. The van der Waals surface area contributed by atoms with Gasteiger partial charge in [-0.2, -0.15) is 0 Å². The van der Waals surface area contributed by atoms with E-state index in [1.54, 1.807) is 11.1 Å². The van der Waals surface area contributed by atoms with E-state index in [1.807, 2.05) is 0 Å². The van der Waals surface area contributed by atoms with Crippen molar-refractivity contribution in [3.8, 4) is 0 Å². The third-order valence-corrected chi connectivity index (χ3v) is 6.71. The summed E-state index contributed by atoms with van der Waals surface area (Å²) >= 11 is 0. The maximum atomic E-state index is 5.90. The first-order valence-electron chi connectivity index (χ1n) is 9.42. The molecule has 3 aliphatic carbocycles. The average molecular weight is 313 g/mol. The Bertz CT molecular complexity index is 602. The van der Waals surface area contributed by atoms with Crippen LogP contribution in [-0.2, 0) is 9.47 Å². The lowest BCUT2D eigenvalue weighted by Gasteiger charge is -2.44. The van der Waals surface area contributed by atoms with Crippen molar-refractivity contribution in [1.29, 1.82) is 0 Å². The minimum absolute atomic E-state index is 0.264. The molecule has 3 fully saturated rings. The Hall–Kier alpha value is -1.06. The number of piperidine rings is 1. The van der Waals surface area contributed by atoms with Gasteiger partial charge in [0.25, 0.3) is 0 Å². The number of fused-ring (bicyclic) bond motifs is 2. The van der Waals surface area contributed by atoms with Crippen LogP contribution in [0.5, 0.6) is 0 Å². The summed E-state index contributed by atoms with van der Waals surface area (Å²) in [5, 5.41) is 0. The summed E-state index contributed by atoms with van der Waals surface area (Å²) in [7, 11) is 0. The highest BCUT2D eigenvalue weighted by atomic mass is 16.7. The molecule has 0 aromatic heterocycles. The van der Waals surface area contributed by atoms with Gasteiger partial charge >= 0.3 is 0 Å². The molecule has 5 aliphatic rings. The number of hydrogen-bond acceptors (Lipinski definition) is 3. The maximum Gasteiger partial charge on any atom is 0.171 e. The topological polar surface area (TPSA) is 21.7 Å². The molecular weight excluding hydrogens is 286 g/mol. The molecule has 23 heavy (non-hydrogen) atoms. The highest BCUT2D eigenvalue weighted by Gasteiger charge is 2.42. The Morgan fingerprint density at radius 3 is 2.17 bits per heavy atom. The molecule has 0 radical (unpaired) electrons. The highest BCUT2D eigenvalue weighted by Crippen LogP contribution is 2.53. The average Bonchev–Trinajstić information content (AvgIpc) is 3.05. The second kappa shape index (κ2) is 5.22. The number of rotatable bonds is 1. The first kappa shape index (κ1) is 14.3. The van der Waals surface area contributed by atoms with Gasteiger partial charge in [-0.1, -0.05) is 6.07 Å². The van der Waals surface area contributed by atoms with E-state index >= 15 is 0 Å². The smallest absolute Gasteiger partial charge is 0.171 e. The van der Waals surface area contributed by atoms with Crippen LogP contribution in [0.3, 0.4) is 0 Å². The third-order valence-electron chi connectivity index (χ3n) is 6.71. The number of aryl methyl sites for hydroxylation is 1. The molecule has 0 N–H and O–H groups in total. The van der Waals surface area contributed by atoms with Crippen LogP contribution >= 0.6 is 0 Å². The van der Waals surface area contributed by atoms with E-state index in [4.69, 9.17) is 9.47 Å². The molecule has 1 saturated carbocycles. The molecule has 1 aromatic rings. The lowest BCUT2D eigenvalue weighted by Crippen LogP contribution is -2.45. The lowest BCUT2D eigenvalue weighted by molar-refractivity contribution is -0.169. The predicted molar refractivity (Wildman–Crippen MR) is 91.2 cm³/mol. The van der Waals surface area contributed by atoms with Crippen LogP contribution in [0.4, 0.5) is 5.69 Å². The highest BCUT2D eigenvalue weighted by molar-refractivity contribution is 5.63. The normalized spacial score (nSPS) is 31.6. The van der Waals surface area contributed by atoms with Crippen molar-refractivity contribution in [2.45, 2.75) is 63.1 Å². The Balaban J connectivity index is 1.47. The minimum atomic E-state index is -0.264. The minimum Gasteiger partial charge on any atom is -0.371 e. The molecule has 1 spiro atoms. The number of anilines is 1. The van der Waals surface area contributed by atoms with Gasteiger partial charge in [0.05, 0.1) is 13.2 Å². The first-order chi connectivity index (χ1) is 11.3. The quantitative estimate of drug-likeness (QED) is 0.779. The van der Waals surface area contributed by atoms with E-state index in [2.05, 4.69) is 24.0 Å². The van der Waals surface area contributed by atoms with Crippen LogP contribution in [0.2, 0.25) is 0 Å². The summed E-state index contributed by atoms with van der Waals surface area (Å²) in [6, 6.07) is 4.75. The van der Waals surface area contributed by atoms with E-state index in [9.17, 15) is 0 Å². The Kier molecular flexibility index (Phi) is 3.24. The molecule has 3 nitrogen and oxygen atoms in total. The molecule has 6 rings (SSSR count). The largest absolute Gasteiger partial charge is 0.371 e. The van der Waals surface area contributed by atoms with Gasteiger partial charge in [-0.15, -0.1) is 0 Å². The summed E-state index contributed by atoms with van der Waals surface area (Å²) in [5.74, 6) is 1.37. The number of benzene rings is 1. The van der Waals surface area contributed by atoms with Crippen molar-refractivity contribution in [3.05, 3.63) is 28.8 Å². The fourth-order valence-corrected chi connectivity index (χ4v) is 5.53. The molecule has 2 bridgehead atoms. The Labute approximate surface area is 139 Å². The summed E-state index contributed by atoms with van der Waals surface area (Å²) in [6.07, 6.45) is 7.63. The predicted octanol–water partition coefficient (Wildman–Crippen LogP) is 4.09. The Morgan fingerprint density at radius 1 is 0.913 bits per heavy atom. The van der Waals surface area contributed by atoms with Crippen LogP contribution in [0.25, 0.3) is 0 Å². The van der Waals surface area contributed by atoms with E-state index in [1.165, 1.54) is 36.9 Å². The van der Waals surface area contributed by atoms with Crippen molar-refractivity contribution in [2.24, 2.45) is 0 Å². The number of hydrogen-bond donors (Lipinski definition) is 0. The fraction of sp³-hybridized carbons (Fsp3) is 0.700. The molecule has 3 heteroatoms. The van der Waals surface area contributed by atoms with E-state index in [-0.39, 0.29) is 5.79 Å². The van der Waals surface area contributed by atoms with Gasteiger partial charge in [-0.3, -0.25) is 0 Å². The van der Waals surface area contributed by atoms with E-state index in [0.717, 1.165) is 51.0 Å². The standard InChI is InChI=1S/C20H27NO2/c1-14-2-7-17(19-16-5-3-15(4-6-16)18(14)19)21-10-8-20(9-11-21)22-12-13-23-20/h2,7,15-16H,3-6,8-13H2,1H3. The third kappa shape index (κ3) is 2.16. The van der Waals surface area contributed by atoms with Gasteiger partial charge in [0, 0.05) is 31.6 Å². The maximum absolute atomic E-state index is 5.90. The van der Waals surface area contributed by atoms with Gasteiger partial charge in [-0.05, 0) is 67.2 Å². The molecule has 0 amide bonds. The molecule has 2 aliphatic heterocycles. The summed E-state index contributed by atoms with van der Waals surface area (Å²) in [5.41, 5.74) is 6.46. The van der Waals surface area contributed by atoms with Crippen LogP contribution in [0, 0.1) is 6.92 Å². The molecule has 0 unspecified atom stereocenters. The lowest BCUT2D eigenvalue weighted by atomic mass is 9.65. The van der Waals surface area contributed by atoms with Crippen molar-refractivity contribution in [1.82, 2.24) is 0 Å². The first-order valence-corrected chi connectivity index (χ1v) is 9.42. The van der Waals surface area contributed by atoms with Crippen LogP contribution in [0.1, 0.15) is 67.1 Å². The molecule has 2 saturated heterocycles. The van der Waals surface area contributed by atoms with Gasteiger partial charge in [0.1, 0.15) is 0 Å². The van der Waals surface area contributed by atoms with Crippen molar-refractivity contribution < 1.29 is 9.47 Å². The number of nitrogens with zero attached hydrogens (tertiary/aromatic N) is 1. The van der Waals surface area contributed by atoms with Crippen molar-refractivity contribution in [2.75, 3.05) is 31.2 Å². The molecule has 2 heterocycles. The van der Waals surface area contributed by atoms with Crippen molar-refractivity contribution >= 4 is 5.69 Å². The van der Waals surface area contributed by atoms with Crippen LogP contribution in [0.15, 0.2) is 12.1 Å². The van der Waals surface area contributed by atoms with Gasteiger partial charge in [0.15, 0.2) is 5.79 Å². The second-order valence-electron chi connectivity index (χ2n) is 7.87. The Morgan fingerprint density at radius 2 is 1.52 bits per heavy atom. The van der Waals surface area contributed by atoms with E-state index in [0.29, 0.717) is 0 Å². The van der Waals surface area contributed by atoms with Crippen LogP contribution < -0.4 is 4.90 Å². The second-order valence-corrected chi connectivity index (χ2v) is 7.87. The molecule has 124 valence electrons.